The molecule has 0 aliphatic carbocycles. The molecule has 0 unspecified atom stereocenters. The molecule has 0 radical (unpaired) electrons. The number of nitrogens with one attached hydrogen (secondary N) is 1. The van der Waals surface area contributed by atoms with Crippen LogP contribution in [0.5, 0.6) is 0 Å². The van der Waals surface area contributed by atoms with E-state index in [9.17, 15) is 0 Å². The summed E-state index contributed by atoms with van der Waals surface area (Å²) in [4.78, 5) is 0. The van der Waals surface area contributed by atoms with E-state index in [2.05, 4.69) is 19.2 Å². The molecule has 0 atom stereocenters. The smallest absolute Gasteiger partial charge is 0.149 e. The van der Waals surface area contributed by atoms with Crippen molar-refractivity contribution in [3.63, 3.8) is 0 Å². The third kappa shape index (κ3) is 14.7. The monoisotopic (exact) mass is 191 g/mol. The van der Waals surface area contributed by atoms with Gasteiger partial charge < -0.3 is 9.47 Å². The molecule has 1 N–H and O–H groups in total. The fraction of sp³-hybridized carbons (Fsp3) is 1.00. The fourth-order valence-electron chi connectivity index (χ4n) is 0.486. The molecule has 82 valence electrons. The maximum absolute atomic E-state index is 5.35. The molecule has 3 heteroatoms. The van der Waals surface area contributed by atoms with Gasteiger partial charge in [-0.1, -0.05) is 7.43 Å². The Morgan fingerprint density at radius 1 is 1.23 bits per heavy atom. The molecule has 0 rings (SSSR count). The second kappa shape index (κ2) is 7.30. The van der Waals surface area contributed by atoms with Gasteiger partial charge in [-0.2, -0.15) is 0 Å². The van der Waals surface area contributed by atoms with Crippen molar-refractivity contribution in [2.24, 2.45) is 0 Å². The van der Waals surface area contributed by atoms with Crippen molar-refractivity contribution in [3.05, 3.63) is 0 Å². The van der Waals surface area contributed by atoms with E-state index in [1.54, 1.807) is 0 Å². The van der Waals surface area contributed by atoms with Crippen LogP contribution >= 0.6 is 0 Å². The normalized spacial score (nSPS) is 11.5. The molecular weight excluding hydrogens is 166 g/mol. The van der Waals surface area contributed by atoms with E-state index >= 15 is 0 Å². The molecule has 0 aliphatic rings. The molecule has 0 spiro atoms. The Morgan fingerprint density at radius 3 is 2.15 bits per heavy atom. The van der Waals surface area contributed by atoms with Crippen molar-refractivity contribution in [1.82, 2.24) is 5.32 Å². The van der Waals surface area contributed by atoms with Crippen molar-refractivity contribution >= 4 is 0 Å². The molecule has 0 aliphatic heterocycles. The van der Waals surface area contributed by atoms with Crippen LogP contribution in [0, 0.1) is 0 Å². The van der Waals surface area contributed by atoms with E-state index in [-0.39, 0.29) is 13.0 Å². The van der Waals surface area contributed by atoms with E-state index in [1.165, 1.54) is 0 Å². The van der Waals surface area contributed by atoms with Crippen LogP contribution in [0.4, 0.5) is 0 Å². The molecule has 0 heterocycles. The highest BCUT2D eigenvalue weighted by molar-refractivity contribution is 4.56. The van der Waals surface area contributed by atoms with E-state index in [4.69, 9.17) is 9.47 Å². The lowest BCUT2D eigenvalue weighted by molar-refractivity contribution is -0.124. The summed E-state index contributed by atoms with van der Waals surface area (Å²) < 4.78 is 10.5. The van der Waals surface area contributed by atoms with E-state index in [0.29, 0.717) is 19.6 Å². The van der Waals surface area contributed by atoms with Crippen LogP contribution in [0.1, 0.15) is 42.0 Å². The first kappa shape index (κ1) is 15.4. The van der Waals surface area contributed by atoms with Crippen LogP contribution in [0.2, 0.25) is 0 Å². The third-order valence-corrected chi connectivity index (χ3v) is 1.17. The minimum absolute atomic E-state index is 0. The van der Waals surface area contributed by atoms with Crippen LogP contribution in [-0.4, -0.2) is 25.2 Å². The Kier molecular flexibility index (Phi) is 8.62. The zero-order valence-electron chi connectivity index (χ0n) is 8.81. The van der Waals surface area contributed by atoms with Gasteiger partial charge in [-0.3, -0.25) is 5.32 Å². The van der Waals surface area contributed by atoms with E-state index in [1.807, 2.05) is 20.8 Å². The minimum Gasteiger partial charge on any atom is -0.350 e. The predicted octanol–water partition coefficient (Wildman–Crippen LogP) is 2.37. The quantitative estimate of drug-likeness (QED) is 0.534. The topological polar surface area (TPSA) is 30.5 Å². The van der Waals surface area contributed by atoms with Crippen LogP contribution < -0.4 is 5.32 Å². The summed E-state index contributed by atoms with van der Waals surface area (Å²) in [6, 6.07) is 0.458. The minimum atomic E-state index is -0.113. The van der Waals surface area contributed by atoms with Crippen LogP contribution in [0.3, 0.4) is 0 Å². The molecule has 0 saturated carbocycles. The van der Waals surface area contributed by atoms with Gasteiger partial charge >= 0.3 is 0 Å². The zero-order valence-corrected chi connectivity index (χ0v) is 8.81. The standard InChI is InChI=1S/C9H21NO2.CH4/c1-8(2)10-6-11-7-12-9(3,4)5;/h8,10H,6-7H2,1-5H3;1H4. The van der Waals surface area contributed by atoms with Crippen LogP contribution in [0.25, 0.3) is 0 Å². The molecule has 0 aromatic carbocycles. The van der Waals surface area contributed by atoms with Gasteiger partial charge in [-0.05, 0) is 34.6 Å². The highest BCUT2D eigenvalue weighted by atomic mass is 16.7. The first-order valence-corrected chi connectivity index (χ1v) is 4.37. The van der Waals surface area contributed by atoms with Gasteiger partial charge in [-0.25, -0.2) is 0 Å². The first-order valence-electron chi connectivity index (χ1n) is 4.37. The zero-order chi connectivity index (χ0) is 9.61. The fourth-order valence-corrected chi connectivity index (χ4v) is 0.486. The second-order valence-corrected chi connectivity index (χ2v) is 4.08. The molecule has 0 amide bonds. The highest BCUT2D eigenvalue weighted by Gasteiger charge is 2.08. The molecule has 0 saturated heterocycles. The lowest BCUT2D eigenvalue weighted by atomic mass is 10.2. The van der Waals surface area contributed by atoms with Crippen LogP contribution in [0.15, 0.2) is 0 Å². The van der Waals surface area contributed by atoms with Gasteiger partial charge in [-0.15, -0.1) is 0 Å². The average molecular weight is 191 g/mol. The summed E-state index contributed by atoms with van der Waals surface area (Å²) in [6.07, 6.45) is 0. The summed E-state index contributed by atoms with van der Waals surface area (Å²) >= 11 is 0. The van der Waals surface area contributed by atoms with Crippen LogP contribution in [-0.2, 0) is 9.47 Å². The Hall–Kier alpha value is -0.120. The Labute approximate surface area is 82.8 Å². The Morgan fingerprint density at radius 2 is 1.77 bits per heavy atom. The van der Waals surface area contributed by atoms with Gasteiger partial charge in [0.25, 0.3) is 0 Å². The van der Waals surface area contributed by atoms with Gasteiger partial charge in [0.05, 0.1) is 12.3 Å². The Balaban J connectivity index is 0. The number of hydrogen-bond donors (Lipinski definition) is 1. The molecular formula is C10H25NO2. The lowest BCUT2D eigenvalue weighted by Crippen LogP contribution is -2.28. The van der Waals surface area contributed by atoms with E-state index in [0.717, 1.165) is 0 Å². The largest absolute Gasteiger partial charge is 0.350 e. The Bertz CT molecular complexity index is 108. The van der Waals surface area contributed by atoms with Crippen molar-refractivity contribution in [1.29, 1.82) is 0 Å². The maximum atomic E-state index is 5.35. The number of hydrogen-bond acceptors (Lipinski definition) is 3. The van der Waals surface area contributed by atoms with Gasteiger partial charge in [0.15, 0.2) is 0 Å². The molecule has 0 aromatic heterocycles. The van der Waals surface area contributed by atoms with Crippen molar-refractivity contribution in [3.8, 4) is 0 Å². The molecule has 13 heavy (non-hydrogen) atoms. The molecule has 0 aromatic rings. The summed E-state index contributed by atoms with van der Waals surface area (Å²) in [5.74, 6) is 0. The van der Waals surface area contributed by atoms with E-state index < -0.39 is 0 Å². The molecule has 3 nitrogen and oxygen atoms in total. The first-order chi connectivity index (χ1) is 5.42. The maximum Gasteiger partial charge on any atom is 0.149 e. The summed E-state index contributed by atoms with van der Waals surface area (Å²) in [5.41, 5.74) is -0.113. The summed E-state index contributed by atoms with van der Waals surface area (Å²) in [7, 11) is 0. The highest BCUT2D eigenvalue weighted by Crippen LogP contribution is 2.05. The summed E-state index contributed by atoms with van der Waals surface area (Å²) in [5, 5.41) is 3.13. The summed E-state index contributed by atoms with van der Waals surface area (Å²) in [6.45, 7) is 11.1. The average Bonchev–Trinajstić information content (AvgIpc) is 1.83. The van der Waals surface area contributed by atoms with Crippen molar-refractivity contribution in [2.75, 3.05) is 13.5 Å². The van der Waals surface area contributed by atoms with Crippen molar-refractivity contribution in [2.45, 2.75) is 53.7 Å². The van der Waals surface area contributed by atoms with Gasteiger partial charge in [0, 0.05) is 6.04 Å². The lowest BCUT2D eigenvalue weighted by Gasteiger charge is -2.19. The number of rotatable bonds is 5. The number of ether oxygens (including phenoxy) is 2. The molecule has 0 fully saturated rings. The van der Waals surface area contributed by atoms with Crippen molar-refractivity contribution < 1.29 is 9.47 Å². The predicted molar refractivity (Wildman–Crippen MR) is 56.7 cm³/mol. The third-order valence-electron chi connectivity index (χ3n) is 1.17. The SMILES string of the molecule is C.CC(C)NCOCOC(C)(C)C. The molecule has 0 bridgehead atoms. The van der Waals surface area contributed by atoms with Gasteiger partial charge in [0.2, 0.25) is 0 Å². The second-order valence-electron chi connectivity index (χ2n) is 4.08. The van der Waals surface area contributed by atoms with Gasteiger partial charge in [0.1, 0.15) is 6.79 Å².